The number of halogens is 1. The van der Waals surface area contributed by atoms with E-state index in [0.717, 1.165) is 37.2 Å². The monoisotopic (exact) mass is 482 g/mol. The average molecular weight is 483 g/mol. The van der Waals surface area contributed by atoms with Crippen LogP contribution in [0.3, 0.4) is 0 Å². The van der Waals surface area contributed by atoms with Crippen LogP contribution in [-0.2, 0) is 4.52 Å². The first-order chi connectivity index (χ1) is 13.7. The van der Waals surface area contributed by atoms with Crippen LogP contribution in [0.15, 0.2) is 48.5 Å². The van der Waals surface area contributed by atoms with E-state index in [1.54, 1.807) is 0 Å². The first-order valence-corrected chi connectivity index (χ1v) is 14.8. The van der Waals surface area contributed by atoms with Crippen molar-refractivity contribution in [3.63, 3.8) is 0 Å². The van der Waals surface area contributed by atoms with Gasteiger partial charge in [-0.25, -0.2) is 0 Å². The standard InChI is InChI=1S/C24H36BrO3P/c1-6-7-8-19-29(25,26-18-17-20(2)3,27-23-13-9-21(4)10-14-23)28-24-15-11-22(5)12-16-24/h9-16,20H,6-8,17-19H2,1-5H3. The molecule has 3 nitrogen and oxygen atoms in total. The molecular formula is C24H36BrO3P. The first kappa shape index (κ1) is 24.2. The Balaban J connectivity index is 2.39. The van der Waals surface area contributed by atoms with Gasteiger partial charge in [-0.15, -0.1) is 0 Å². The molecule has 0 spiro atoms. The summed E-state index contributed by atoms with van der Waals surface area (Å²) in [6.45, 7) is 11.3. The maximum atomic E-state index is 6.61. The third-order valence-electron chi connectivity index (χ3n) is 4.75. The number of rotatable bonds is 12. The van der Waals surface area contributed by atoms with Crippen molar-refractivity contribution in [1.29, 1.82) is 0 Å². The van der Waals surface area contributed by atoms with E-state index in [0.29, 0.717) is 18.7 Å². The summed E-state index contributed by atoms with van der Waals surface area (Å²) in [6, 6.07) is 16.2. The predicted octanol–water partition coefficient (Wildman–Crippen LogP) is 8.62. The SMILES string of the molecule is CCCCCP(Br)(OCCC(C)C)(Oc1ccc(C)cc1)Oc1ccc(C)cc1. The Bertz CT molecular complexity index is 696. The van der Waals surface area contributed by atoms with Crippen molar-refractivity contribution in [3.8, 4) is 11.5 Å². The molecule has 2 rings (SSSR count). The van der Waals surface area contributed by atoms with E-state index in [1.807, 2.05) is 24.3 Å². The van der Waals surface area contributed by atoms with Gasteiger partial charge in [0.1, 0.15) is 0 Å². The van der Waals surface area contributed by atoms with Crippen LogP contribution in [0.2, 0.25) is 0 Å². The van der Waals surface area contributed by atoms with Crippen LogP contribution in [0.5, 0.6) is 11.5 Å². The molecule has 0 radical (unpaired) electrons. The molecule has 0 unspecified atom stereocenters. The molecule has 0 saturated carbocycles. The maximum absolute atomic E-state index is 6.61. The number of aryl methyl sites for hydroxylation is 2. The van der Waals surface area contributed by atoms with Crippen LogP contribution in [0.25, 0.3) is 0 Å². The zero-order valence-electron chi connectivity index (χ0n) is 18.5. The quantitative estimate of drug-likeness (QED) is 0.223. The molecule has 0 atom stereocenters. The summed E-state index contributed by atoms with van der Waals surface area (Å²) in [7, 11) is 0. The van der Waals surface area contributed by atoms with Gasteiger partial charge in [0.25, 0.3) is 0 Å². The Morgan fingerprint density at radius 1 is 0.828 bits per heavy atom. The van der Waals surface area contributed by atoms with E-state index in [1.165, 1.54) is 11.1 Å². The Kier molecular flexibility index (Phi) is 9.00. The van der Waals surface area contributed by atoms with Gasteiger partial charge in [0.05, 0.1) is 0 Å². The van der Waals surface area contributed by atoms with Crippen LogP contribution in [0.1, 0.15) is 57.6 Å². The molecule has 0 saturated heterocycles. The van der Waals surface area contributed by atoms with E-state index in [9.17, 15) is 0 Å². The molecule has 0 aliphatic carbocycles. The van der Waals surface area contributed by atoms with Crippen LogP contribution in [0.4, 0.5) is 0 Å². The van der Waals surface area contributed by atoms with Crippen LogP contribution in [0, 0.1) is 19.8 Å². The minimum absolute atomic E-state index is 0.547. The number of unbranched alkanes of at least 4 members (excludes halogenated alkanes) is 2. The zero-order valence-corrected chi connectivity index (χ0v) is 21.0. The fourth-order valence-corrected chi connectivity index (χ4v) is 7.78. The Hall–Kier alpha value is -1.09. The van der Waals surface area contributed by atoms with Crippen molar-refractivity contribution < 1.29 is 13.6 Å². The van der Waals surface area contributed by atoms with Gasteiger partial charge in [-0.05, 0) is 0 Å². The summed E-state index contributed by atoms with van der Waals surface area (Å²) in [5, 5.41) is 0. The molecule has 0 aliphatic heterocycles. The topological polar surface area (TPSA) is 27.7 Å². The third-order valence-corrected chi connectivity index (χ3v) is 10.1. The molecule has 0 aromatic heterocycles. The molecule has 0 aliphatic rings. The summed E-state index contributed by atoms with van der Waals surface area (Å²) < 4.78 is 19.8. The van der Waals surface area contributed by atoms with Gasteiger partial charge in [-0.2, -0.15) is 0 Å². The van der Waals surface area contributed by atoms with E-state index < -0.39 is 5.99 Å². The summed E-state index contributed by atoms with van der Waals surface area (Å²) in [4.78, 5) is 0. The second-order valence-electron chi connectivity index (χ2n) is 8.19. The van der Waals surface area contributed by atoms with E-state index >= 15 is 0 Å². The Labute approximate surface area is 185 Å². The van der Waals surface area contributed by atoms with Gasteiger partial charge in [-0.1, -0.05) is 0 Å². The van der Waals surface area contributed by atoms with Crippen LogP contribution in [-0.4, -0.2) is 12.8 Å². The molecule has 162 valence electrons. The van der Waals surface area contributed by atoms with Gasteiger partial charge < -0.3 is 0 Å². The van der Waals surface area contributed by atoms with Gasteiger partial charge in [0.2, 0.25) is 0 Å². The number of hydrogen-bond donors (Lipinski definition) is 0. The Morgan fingerprint density at radius 3 is 1.72 bits per heavy atom. The van der Waals surface area contributed by atoms with Gasteiger partial charge >= 0.3 is 185 Å². The van der Waals surface area contributed by atoms with E-state index in [2.05, 4.69) is 74.4 Å². The third kappa shape index (κ3) is 7.92. The van der Waals surface area contributed by atoms with E-state index in [-0.39, 0.29) is 0 Å². The molecule has 0 heterocycles. The number of hydrogen-bond acceptors (Lipinski definition) is 3. The normalized spacial score (nSPS) is 13.1. The second kappa shape index (κ2) is 10.8. The second-order valence-corrected chi connectivity index (χ2v) is 15.2. The van der Waals surface area contributed by atoms with Gasteiger partial charge in [0.15, 0.2) is 0 Å². The zero-order chi connectivity index (χ0) is 21.4. The van der Waals surface area contributed by atoms with Gasteiger partial charge in [-0.3, -0.25) is 0 Å². The van der Waals surface area contributed by atoms with Crippen LogP contribution >= 0.6 is 21.5 Å². The molecule has 5 heteroatoms. The van der Waals surface area contributed by atoms with Crippen molar-refractivity contribution in [1.82, 2.24) is 0 Å². The van der Waals surface area contributed by atoms with Crippen molar-refractivity contribution in [3.05, 3.63) is 59.7 Å². The molecule has 2 aromatic rings. The summed E-state index contributed by atoms with van der Waals surface area (Å²) in [6.07, 6.45) is 4.84. The molecule has 0 amide bonds. The molecule has 0 fully saturated rings. The molecule has 0 N–H and O–H groups in total. The summed E-state index contributed by atoms with van der Waals surface area (Å²) in [5.41, 5.74) is 2.39. The van der Waals surface area contributed by atoms with Gasteiger partial charge in [0, 0.05) is 0 Å². The van der Waals surface area contributed by atoms with Crippen molar-refractivity contribution in [2.24, 2.45) is 5.92 Å². The Morgan fingerprint density at radius 2 is 1.31 bits per heavy atom. The molecule has 2 aromatic carbocycles. The fraction of sp³-hybridized carbons (Fsp3) is 0.500. The summed E-state index contributed by atoms with van der Waals surface area (Å²) >= 11 is 3.95. The number of benzene rings is 2. The molecule has 0 bridgehead atoms. The van der Waals surface area contributed by atoms with Crippen LogP contribution < -0.4 is 9.05 Å². The molecule has 29 heavy (non-hydrogen) atoms. The summed E-state index contributed by atoms with van der Waals surface area (Å²) in [5.74, 6) is -1.53. The van der Waals surface area contributed by atoms with Crippen molar-refractivity contribution in [2.75, 3.05) is 12.8 Å². The molecular weight excluding hydrogens is 447 g/mol. The van der Waals surface area contributed by atoms with Crippen molar-refractivity contribution in [2.45, 2.75) is 60.3 Å². The predicted molar refractivity (Wildman–Crippen MR) is 129 cm³/mol. The fourth-order valence-electron chi connectivity index (χ4n) is 2.90. The average Bonchev–Trinajstić information content (AvgIpc) is 2.66. The first-order valence-electron chi connectivity index (χ1n) is 10.6. The van der Waals surface area contributed by atoms with Crippen molar-refractivity contribution >= 4 is 21.5 Å². The minimum atomic E-state index is -3.60. The van der Waals surface area contributed by atoms with E-state index in [4.69, 9.17) is 13.6 Å².